The molecule has 0 spiro atoms. The second-order valence-electron chi connectivity index (χ2n) is 5.98. The lowest BCUT2D eigenvalue weighted by atomic mass is 10.1. The number of fused-ring (bicyclic) bond motifs is 1. The number of ether oxygens (including phenoxy) is 2. The van der Waals surface area contributed by atoms with Crippen molar-refractivity contribution in [2.24, 2.45) is 0 Å². The molecule has 0 N–H and O–H groups in total. The molecule has 0 atom stereocenters. The highest BCUT2D eigenvalue weighted by Crippen LogP contribution is 2.39. The van der Waals surface area contributed by atoms with Crippen molar-refractivity contribution in [3.05, 3.63) is 52.3 Å². The summed E-state index contributed by atoms with van der Waals surface area (Å²) >= 11 is 3.46. The van der Waals surface area contributed by atoms with Crippen LogP contribution in [0.3, 0.4) is 0 Å². The van der Waals surface area contributed by atoms with Crippen LogP contribution in [0, 0.1) is 5.82 Å². The molecule has 0 saturated carbocycles. The molecule has 0 aliphatic heterocycles. The summed E-state index contributed by atoms with van der Waals surface area (Å²) in [4.78, 5) is 12.6. The fraction of sp³-hybridized carbons (Fsp3) is 0.250. The van der Waals surface area contributed by atoms with Crippen LogP contribution in [0.1, 0.15) is 31.1 Å². The van der Waals surface area contributed by atoms with Gasteiger partial charge in [-0.25, -0.2) is 9.18 Å². The maximum atomic E-state index is 13.3. The number of hydrogen-bond donors (Lipinski definition) is 0. The Morgan fingerprint density at radius 3 is 2.54 bits per heavy atom. The molecule has 2 aromatic carbocycles. The van der Waals surface area contributed by atoms with E-state index in [1.54, 1.807) is 31.2 Å². The third kappa shape index (κ3) is 3.60. The van der Waals surface area contributed by atoms with Crippen LogP contribution in [-0.2, 0) is 4.74 Å². The number of carbonyl (C=O) groups is 1. The van der Waals surface area contributed by atoms with E-state index in [0.717, 1.165) is 0 Å². The van der Waals surface area contributed by atoms with Crippen molar-refractivity contribution in [2.45, 2.75) is 26.9 Å². The largest absolute Gasteiger partial charge is 0.490 e. The first kappa shape index (κ1) is 18.5. The molecule has 136 valence electrons. The summed E-state index contributed by atoms with van der Waals surface area (Å²) < 4.78 is 30.9. The Kier molecular flexibility index (Phi) is 5.32. The third-order valence-electron chi connectivity index (χ3n) is 3.69. The van der Waals surface area contributed by atoms with E-state index in [1.165, 1.54) is 12.1 Å². The van der Waals surface area contributed by atoms with Crippen molar-refractivity contribution in [1.82, 2.24) is 0 Å². The molecule has 0 saturated heterocycles. The van der Waals surface area contributed by atoms with E-state index >= 15 is 0 Å². The zero-order valence-electron chi connectivity index (χ0n) is 14.6. The number of benzene rings is 2. The summed E-state index contributed by atoms with van der Waals surface area (Å²) in [6.45, 7) is 5.81. The van der Waals surface area contributed by atoms with Gasteiger partial charge in [0.1, 0.15) is 28.5 Å². The zero-order valence-corrected chi connectivity index (χ0v) is 16.2. The fourth-order valence-corrected chi connectivity index (χ4v) is 3.07. The number of esters is 1. The van der Waals surface area contributed by atoms with Gasteiger partial charge >= 0.3 is 5.97 Å². The summed E-state index contributed by atoms with van der Waals surface area (Å²) in [6, 6.07) is 9.28. The number of rotatable bonds is 5. The highest BCUT2D eigenvalue weighted by atomic mass is 79.9. The van der Waals surface area contributed by atoms with Crippen LogP contribution in [0.15, 0.2) is 45.3 Å². The summed E-state index contributed by atoms with van der Waals surface area (Å²) in [7, 11) is 0. The molecule has 0 fully saturated rings. The Morgan fingerprint density at radius 1 is 1.23 bits per heavy atom. The van der Waals surface area contributed by atoms with Gasteiger partial charge in [0, 0.05) is 10.9 Å². The molecular formula is C20H18BrFO4. The Morgan fingerprint density at radius 2 is 1.92 bits per heavy atom. The van der Waals surface area contributed by atoms with E-state index in [2.05, 4.69) is 15.9 Å². The van der Waals surface area contributed by atoms with E-state index in [9.17, 15) is 9.18 Å². The van der Waals surface area contributed by atoms with E-state index in [4.69, 9.17) is 13.9 Å². The molecule has 0 unspecified atom stereocenters. The lowest BCUT2D eigenvalue weighted by molar-refractivity contribution is 0.0529. The first-order valence-electron chi connectivity index (χ1n) is 8.26. The van der Waals surface area contributed by atoms with Gasteiger partial charge in [-0.2, -0.15) is 0 Å². The molecule has 0 bridgehead atoms. The summed E-state index contributed by atoms with van der Waals surface area (Å²) in [6.07, 6.45) is -0.0294. The van der Waals surface area contributed by atoms with Gasteiger partial charge in [0.15, 0.2) is 0 Å². The minimum absolute atomic E-state index is 0.0294. The maximum Gasteiger partial charge on any atom is 0.342 e. The Balaban J connectivity index is 2.24. The van der Waals surface area contributed by atoms with Crippen molar-refractivity contribution in [2.75, 3.05) is 6.61 Å². The van der Waals surface area contributed by atoms with Crippen molar-refractivity contribution in [3.8, 4) is 17.1 Å². The first-order chi connectivity index (χ1) is 12.4. The van der Waals surface area contributed by atoms with Crippen LogP contribution < -0.4 is 4.74 Å². The van der Waals surface area contributed by atoms with Gasteiger partial charge in [0.25, 0.3) is 0 Å². The first-order valence-corrected chi connectivity index (χ1v) is 9.05. The van der Waals surface area contributed by atoms with Gasteiger partial charge in [0.05, 0.1) is 17.2 Å². The zero-order chi connectivity index (χ0) is 18.8. The topological polar surface area (TPSA) is 48.7 Å². The number of hydrogen-bond acceptors (Lipinski definition) is 4. The van der Waals surface area contributed by atoms with Crippen molar-refractivity contribution < 1.29 is 23.1 Å². The van der Waals surface area contributed by atoms with Gasteiger partial charge in [-0.15, -0.1) is 0 Å². The average molecular weight is 421 g/mol. The molecule has 3 rings (SSSR count). The lowest BCUT2D eigenvalue weighted by Gasteiger charge is -2.11. The maximum absolute atomic E-state index is 13.3. The summed E-state index contributed by atoms with van der Waals surface area (Å²) in [5, 5.41) is 0.585. The quantitative estimate of drug-likeness (QED) is 0.477. The monoisotopic (exact) mass is 420 g/mol. The number of furan rings is 1. The van der Waals surface area contributed by atoms with Crippen LogP contribution in [0.2, 0.25) is 0 Å². The van der Waals surface area contributed by atoms with Crippen LogP contribution in [-0.4, -0.2) is 18.7 Å². The van der Waals surface area contributed by atoms with Gasteiger partial charge in [-0.05, 0) is 73.1 Å². The van der Waals surface area contributed by atoms with Crippen LogP contribution >= 0.6 is 15.9 Å². The molecule has 6 heteroatoms. The smallest absolute Gasteiger partial charge is 0.342 e. The van der Waals surface area contributed by atoms with Gasteiger partial charge in [-0.1, -0.05) is 0 Å². The summed E-state index contributed by atoms with van der Waals surface area (Å²) in [5.74, 6) is 0.0813. The van der Waals surface area contributed by atoms with Gasteiger partial charge < -0.3 is 13.9 Å². The second-order valence-corrected chi connectivity index (χ2v) is 6.83. The Labute approximate surface area is 159 Å². The van der Waals surface area contributed by atoms with Crippen molar-refractivity contribution in [1.29, 1.82) is 0 Å². The third-order valence-corrected chi connectivity index (χ3v) is 4.31. The molecule has 1 heterocycles. The summed E-state index contributed by atoms with van der Waals surface area (Å²) in [5.41, 5.74) is 1.40. The minimum Gasteiger partial charge on any atom is -0.490 e. The Bertz CT molecular complexity index is 945. The fourth-order valence-electron chi connectivity index (χ4n) is 2.65. The van der Waals surface area contributed by atoms with Crippen molar-refractivity contribution >= 4 is 32.9 Å². The van der Waals surface area contributed by atoms with Crippen LogP contribution in [0.5, 0.6) is 5.75 Å². The predicted octanol–water partition coefficient (Wildman–Crippen LogP) is 5.97. The molecule has 0 amide bonds. The lowest BCUT2D eigenvalue weighted by Crippen LogP contribution is -2.07. The molecular weight excluding hydrogens is 403 g/mol. The van der Waals surface area contributed by atoms with E-state index < -0.39 is 5.97 Å². The van der Waals surface area contributed by atoms with Crippen LogP contribution in [0.25, 0.3) is 22.3 Å². The molecule has 3 aromatic rings. The van der Waals surface area contributed by atoms with Gasteiger partial charge in [-0.3, -0.25) is 0 Å². The van der Waals surface area contributed by atoms with E-state index in [1.807, 2.05) is 13.8 Å². The molecule has 0 aliphatic rings. The molecule has 4 nitrogen and oxygen atoms in total. The SMILES string of the molecule is CCOC(=O)c1c(-c2ccc(F)cc2)oc2cc(Br)c(OC(C)C)cc12. The van der Waals surface area contributed by atoms with E-state index in [-0.39, 0.29) is 18.5 Å². The molecule has 1 aromatic heterocycles. The second kappa shape index (κ2) is 7.50. The Hall–Kier alpha value is -2.34. The van der Waals surface area contributed by atoms with Crippen LogP contribution in [0.4, 0.5) is 4.39 Å². The highest BCUT2D eigenvalue weighted by molar-refractivity contribution is 9.10. The highest BCUT2D eigenvalue weighted by Gasteiger charge is 2.25. The molecule has 0 aliphatic carbocycles. The standard InChI is InChI=1S/C20H18BrFO4/c1-4-24-20(23)18-14-9-17(25-11(2)3)15(21)10-16(14)26-19(18)12-5-7-13(22)8-6-12/h5-11H,4H2,1-3H3. The molecule has 26 heavy (non-hydrogen) atoms. The van der Waals surface area contributed by atoms with Crippen molar-refractivity contribution in [3.63, 3.8) is 0 Å². The normalized spacial score (nSPS) is 11.2. The molecule has 0 radical (unpaired) electrons. The predicted molar refractivity (Wildman–Crippen MR) is 101 cm³/mol. The average Bonchev–Trinajstić information content (AvgIpc) is 2.94. The number of carbonyl (C=O) groups excluding carboxylic acids is 1. The van der Waals surface area contributed by atoms with E-state index in [0.29, 0.717) is 38.1 Å². The number of halogens is 2. The minimum atomic E-state index is -0.497. The van der Waals surface area contributed by atoms with Gasteiger partial charge in [0.2, 0.25) is 0 Å².